The van der Waals surface area contributed by atoms with E-state index in [1.807, 2.05) is 6.07 Å². The summed E-state index contributed by atoms with van der Waals surface area (Å²) in [5, 5.41) is 11.2. The minimum absolute atomic E-state index is 0.197. The molecule has 2 aromatic carbocycles. The van der Waals surface area contributed by atoms with Crippen molar-refractivity contribution >= 4 is 11.4 Å². The lowest BCUT2D eigenvalue weighted by molar-refractivity contribution is 0.591. The van der Waals surface area contributed by atoms with E-state index in [2.05, 4.69) is 5.32 Å². The third kappa shape index (κ3) is 2.40. The average Bonchev–Trinajstić information content (AvgIpc) is 2.35. The lowest BCUT2D eigenvalue weighted by Crippen LogP contribution is -1.97. The van der Waals surface area contributed by atoms with Crippen LogP contribution < -0.4 is 5.32 Å². The summed E-state index contributed by atoms with van der Waals surface area (Å²) in [4.78, 5) is 0. The smallest absolute Gasteiger partial charge is 0.149 e. The number of halogens is 2. The third-order valence-corrected chi connectivity index (χ3v) is 2.25. The zero-order chi connectivity index (χ0) is 12.3. The van der Waals surface area contributed by atoms with Crippen LogP contribution in [0.3, 0.4) is 0 Å². The topological polar surface area (TPSA) is 35.8 Å². The standard InChI is InChI=1S/C13H8F2N2/c14-11-2-1-3-12(15)13(11)17-10-6-4-9(8-16)5-7-10/h1-7,17H. The first-order valence-electron chi connectivity index (χ1n) is 4.92. The van der Waals surface area contributed by atoms with Gasteiger partial charge in [0.25, 0.3) is 0 Å². The number of nitrogens with zero attached hydrogens (tertiary/aromatic N) is 1. The van der Waals surface area contributed by atoms with E-state index in [4.69, 9.17) is 5.26 Å². The summed E-state index contributed by atoms with van der Waals surface area (Å²) in [5.74, 6) is -1.32. The number of benzene rings is 2. The second kappa shape index (κ2) is 4.62. The molecule has 0 aromatic heterocycles. The van der Waals surface area contributed by atoms with E-state index in [0.29, 0.717) is 11.3 Å². The summed E-state index contributed by atoms with van der Waals surface area (Å²) in [6.07, 6.45) is 0. The van der Waals surface area contributed by atoms with Crippen LogP contribution in [0.15, 0.2) is 42.5 Å². The molecule has 0 spiro atoms. The van der Waals surface area contributed by atoms with Crippen LogP contribution in [0.2, 0.25) is 0 Å². The first-order valence-corrected chi connectivity index (χ1v) is 4.92. The van der Waals surface area contributed by atoms with Crippen LogP contribution in [0.25, 0.3) is 0 Å². The fourth-order valence-electron chi connectivity index (χ4n) is 1.39. The highest BCUT2D eigenvalue weighted by Crippen LogP contribution is 2.23. The molecule has 0 aliphatic rings. The van der Waals surface area contributed by atoms with Crippen LogP contribution in [0.4, 0.5) is 20.2 Å². The number of hydrogen-bond acceptors (Lipinski definition) is 2. The number of hydrogen-bond donors (Lipinski definition) is 1. The van der Waals surface area contributed by atoms with E-state index in [9.17, 15) is 8.78 Å². The van der Waals surface area contributed by atoms with Gasteiger partial charge in [0, 0.05) is 5.69 Å². The van der Waals surface area contributed by atoms with Crippen molar-refractivity contribution in [1.82, 2.24) is 0 Å². The highest BCUT2D eigenvalue weighted by molar-refractivity contribution is 5.61. The van der Waals surface area contributed by atoms with Gasteiger partial charge in [-0.2, -0.15) is 5.26 Å². The molecule has 0 aliphatic heterocycles. The Balaban J connectivity index is 2.29. The molecule has 0 aliphatic carbocycles. The Kier molecular flexibility index (Phi) is 3.01. The van der Waals surface area contributed by atoms with Gasteiger partial charge < -0.3 is 5.32 Å². The minimum atomic E-state index is -0.658. The first-order chi connectivity index (χ1) is 8.20. The molecule has 0 amide bonds. The SMILES string of the molecule is N#Cc1ccc(Nc2c(F)cccc2F)cc1. The normalized spacial score (nSPS) is 9.71. The van der Waals surface area contributed by atoms with Gasteiger partial charge in [0.05, 0.1) is 11.6 Å². The van der Waals surface area contributed by atoms with Gasteiger partial charge in [0.1, 0.15) is 17.3 Å². The maximum absolute atomic E-state index is 13.3. The molecule has 2 rings (SSSR count). The predicted molar refractivity (Wildman–Crippen MR) is 60.8 cm³/mol. The van der Waals surface area contributed by atoms with Crippen LogP contribution in [0, 0.1) is 23.0 Å². The molecular formula is C13H8F2N2. The molecule has 1 N–H and O–H groups in total. The Morgan fingerprint density at radius 3 is 2.06 bits per heavy atom. The maximum Gasteiger partial charge on any atom is 0.149 e. The molecule has 0 radical (unpaired) electrons. The molecule has 0 saturated carbocycles. The van der Waals surface area contributed by atoms with Crippen molar-refractivity contribution < 1.29 is 8.78 Å². The second-order valence-corrected chi connectivity index (χ2v) is 3.41. The first kappa shape index (κ1) is 11.1. The molecule has 2 aromatic rings. The summed E-state index contributed by atoms with van der Waals surface area (Å²) < 4.78 is 26.7. The van der Waals surface area contributed by atoms with Crippen molar-refractivity contribution in [3.8, 4) is 6.07 Å². The Bertz CT molecular complexity index is 551. The van der Waals surface area contributed by atoms with Crippen molar-refractivity contribution in [2.24, 2.45) is 0 Å². The predicted octanol–water partition coefficient (Wildman–Crippen LogP) is 3.58. The average molecular weight is 230 g/mol. The maximum atomic E-state index is 13.3. The van der Waals surface area contributed by atoms with E-state index >= 15 is 0 Å². The third-order valence-electron chi connectivity index (χ3n) is 2.25. The van der Waals surface area contributed by atoms with Crippen LogP contribution in [0.5, 0.6) is 0 Å². The van der Waals surface area contributed by atoms with E-state index in [1.165, 1.54) is 18.2 Å². The van der Waals surface area contributed by atoms with Gasteiger partial charge in [-0.3, -0.25) is 0 Å². The largest absolute Gasteiger partial charge is 0.351 e. The van der Waals surface area contributed by atoms with E-state index in [1.54, 1.807) is 24.3 Å². The second-order valence-electron chi connectivity index (χ2n) is 3.41. The van der Waals surface area contributed by atoms with Gasteiger partial charge in [-0.25, -0.2) is 8.78 Å². The van der Waals surface area contributed by atoms with Gasteiger partial charge in [0.15, 0.2) is 0 Å². The lowest BCUT2D eigenvalue weighted by atomic mass is 10.2. The molecular weight excluding hydrogens is 222 g/mol. The zero-order valence-corrected chi connectivity index (χ0v) is 8.74. The fraction of sp³-hybridized carbons (Fsp3) is 0. The summed E-state index contributed by atoms with van der Waals surface area (Å²) >= 11 is 0. The van der Waals surface area contributed by atoms with Crippen LogP contribution >= 0.6 is 0 Å². The van der Waals surface area contributed by atoms with Crippen molar-refractivity contribution in [3.05, 3.63) is 59.7 Å². The fourth-order valence-corrected chi connectivity index (χ4v) is 1.39. The Morgan fingerprint density at radius 2 is 1.53 bits per heavy atom. The van der Waals surface area contributed by atoms with E-state index in [0.717, 1.165) is 0 Å². The zero-order valence-electron chi connectivity index (χ0n) is 8.74. The van der Waals surface area contributed by atoms with Crippen molar-refractivity contribution in [3.63, 3.8) is 0 Å². The summed E-state index contributed by atoms with van der Waals surface area (Å²) in [6.45, 7) is 0. The number of para-hydroxylation sites is 1. The molecule has 0 heterocycles. The number of nitrogens with one attached hydrogen (secondary N) is 1. The number of nitriles is 1. The molecule has 17 heavy (non-hydrogen) atoms. The van der Waals surface area contributed by atoms with Crippen LogP contribution in [-0.2, 0) is 0 Å². The van der Waals surface area contributed by atoms with Gasteiger partial charge in [-0.15, -0.1) is 0 Å². The molecule has 0 unspecified atom stereocenters. The molecule has 84 valence electrons. The Morgan fingerprint density at radius 1 is 0.941 bits per heavy atom. The van der Waals surface area contributed by atoms with Crippen LogP contribution in [-0.4, -0.2) is 0 Å². The van der Waals surface area contributed by atoms with Crippen LogP contribution in [0.1, 0.15) is 5.56 Å². The summed E-state index contributed by atoms with van der Waals surface area (Å²) in [7, 11) is 0. The summed E-state index contributed by atoms with van der Waals surface area (Å²) in [5.41, 5.74) is 0.815. The van der Waals surface area contributed by atoms with Crippen molar-refractivity contribution in [2.45, 2.75) is 0 Å². The Labute approximate surface area is 97.1 Å². The number of rotatable bonds is 2. The molecule has 4 heteroatoms. The molecule has 0 saturated heterocycles. The van der Waals surface area contributed by atoms with Gasteiger partial charge in [0.2, 0.25) is 0 Å². The molecule has 0 atom stereocenters. The van der Waals surface area contributed by atoms with Gasteiger partial charge >= 0.3 is 0 Å². The molecule has 0 bridgehead atoms. The summed E-state index contributed by atoms with van der Waals surface area (Å²) in [6, 6.07) is 11.9. The molecule has 0 fully saturated rings. The Hall–Kier alpha value is -2.41. The number of anilines is 2. The van der Waals surface area contributed by atoms with Gasteiger partial charge in [-0.05, 0) is 36.4 Å². The van der Waals surface area contributed by atoms with Crippen molar-refractivity contribution in [1.29, 1.82) is 5.26 Å². The quantitative estimate of drug-likeness (QED) is 0.855. The highest BCUT2D eigenvalue weighted by Gasteiger charge is 2.07. The molecule has 2 nitrogen and oxygen atoms in total. The monoisotopic (exact) mass is 230 g/mol. The highest BCUT2D eigenvalue weighted by atomic mass is 19.1. The van der Waals surface area contributed by atoms with E-state index in [-0.39, 0.29) is 5.69 Å². The van der Waals surface area contributed by atoms with E-state index < -0.39 is 11.6 Å². The lowest BCUT2D eigenvalue weighted by Gasteiger charge is -2.08. The van der Waals surface area contributed by atoms with Gasteiger partial charge in [-0.1, -0.05) is 6.07 Å². The minimum Gasteiger partial charge on any atom is -0.351 e. The van der Waals surface area contributed by atoms with Crippen molar-refractivity contribution in [2.75, 3.05) is 5.32 Å².